The summed E-state index contributed by atoms with van der Waals surface area (Å²) in [6.45, 7) is 5.61. The smallest absolute Gasteiger partial charge is 0.0512 e. The quantitative estimate of drug-likeness (QED) is 0.599. The van der Waals surface area contributed by atoms with Crippen LogP contribution in [0.5, 0.6) is 0 Å². The van der Waals surface area contributed by atoms with Crippen molar-refractivity contribution in [2.75, 3.05) is 0 Å². The van der Waals surface area contributed by atoms with Gasteiger partial charge in [0.05, 0.1) is 6.10 Å². The molecule has 1 unspecified atom stereocenters. The maximum absolute atomic E-state index is 8.68. The van der Waals surface area contributed by atoms with E-state index in [4.69, 9.17) is 5.11 Å². The molecule has 0 amide bonds. The van der Waals surface area contributed by atoms with E-state index in [0.717, 1.165) is 12.8 Å². The minimum absolute atomic E-state index is 0.0973. The highest BCUT2D eigenvalue weighted by atomic mass is 16.3. The molecule has 1 N–H and O–H groups in total. The molecule has 0 bridgehead atoms. The van der Waals surface area contributed by atoms with Crippen LogP contribution in [-0.2, 0) is 0 Å². The van der Waals surface area contributed by atoms with Crippen molar-refractivity contribution in [3.8, 4) is 12.3 Å². The molecule has 1 nitrogen and oxygen atoms in total. The fourth-order valence-corrected chi connectivity index (χ4v) is 0.500. The van der Waals surface area contributed by atoms with E-state index in [1.165, 1.54) is 6.42 Å². The molecule has 1 atom stereocenters. The van der Waals surface area contributed by atoms with Gasteiger partial charge in [-0.2, -0.15) is 0 Å². The molecule has 0 spiro atoms. The van der Waals surface area contributed by atoms with Gasteiger partial charge in [0, 0.05) is 0 Å². The summed E-state index contributed by atoms with van der Waals surface area (Å²) in [6.07, 6.45) is 7.79. The van der Waals surface area contributed by atoms with Gasteiger partial charge in [-0.15, -0.1) is 12.3 Å². The Morgan fingerprint density at radius 1 is 1.60 bits per heavy atom. The van der Waals surface area contributed by atoms with Gasteiger partial charge in [-0.05, 0) is 20.3 Å². The molecule has 0 radical (unpaired) electrons. The van der Waals surface area contributed by atoms with E-state index < -0.39 is 0 Å². The lowest BCUT2D eigenvalue weighted by Gasteiger charge is -1.98. The van der Waals surface area contributed by atoms with Crippen LogP contribution in [0.4, 0.5) is 0 Å². The Balaban J connectivity index is 0. The number of aliphatic hydroxyl groups is 1. The van der Waals surface area contributed by atoms with Crippen LogP contribution >= 0.6 is 0 Å². The van der Waals surface area contributed by atoms with E-state index >= 15 is 0 Å². The third-order valence-corrected chi connectivity index (χ3v) is 0.975. The molecule has 0 aromatic heterocycles. The number of hydrogen-bond acceptors (Lipinski definition) is 1. The molecule has 0 rings (SSSR count). The summed E-state index contributed by atoms with van der Waals surface area (Å²) in [4.78, 5) is 0. The van der Waals surface area contributed by atoms with E-state index in [1.807, 2.05) is 6.92 Å². The average molecular weight is 142 g/mol. The lowest BCUT2D eigenvalue weighted by atomic mass is 10.2. The van der Waals surface area contributed by atoms with Crippen LogP contribution < -0.4 is 0 Å². The molecule has 0 saturated carbocycles. The van der Waals surface area contributed by atoms with Gasteiger partial charge >= 0.3 is 0 Å². The van der Waals surface area contributed by atoms with E-state index in [2.05, 4.69) is 19.3 Å². The first-order valence-corrected chi connectivity index (χ1v) is 3.74. The molecule has 0 heterocycles. The maximum atomic E-state index is 8.68. The van der Waals surface area contributed by atoms with Crippen molar-refractivity contribution in [3.63, 3.8) is 0 Å². The van der Waals surface area contributed by atoms with Gasteiger partial charge < -0.3 is 5.11 Å². The number of hydrogen-bond donors (Lipinski definition) is 1. The normalized spacial score (nSPS) is 10.7. The summed E-state index contributed by atoms with van der Waals surface area (Å²) >= 11 is 0. The zero-order valence-electron chi connectivity index (χ0n) is 7.22. The largest absolute Gasteiger partial charge is 0.393 e. The lowest BCUT2D eigenvalue weighted by molar-refractivity contribution is 0.181. The minimum atomic E-state index is -0.0973. The number of terminal acetylenes is 1. The van der Waals surface area contributed by atoms with Crippen molar-refractivity contribution in [3.05, 3.63) is 0 Å². The van der Waals surface area contributed by atoms with E-state index in [1.54, 1.807) is 6.92 Å². The third-order valence-electron chi connectivity index (χ3n) is 0.975. The first-order chi connectivity index (χ1) is 4.68. The van der Waals surface area contributed by atoms with Gasteiger partial charge in [0.1, 0.15) is 0 Å². The first kappa shape index (κ1) is 12.2. The first-order valence-electron chi connectivity index (χ1n) is 3.74. The SMILES string of the molecule is C#CC.CCCCC(C)O. The van der Waals surface area contributed by atoms with E-state index in [9.17, 15) is 0 Å². The van der Waals surface area contributed by atoms with Crippen LogP contribution in [0.15, 0.2) is 0 Å². The average Bonchev–Trinajstić information content (AvgIpc) is 1.85. The highest BCUT2D eigenvalue weighted by molar-refractivity contribution is 4.73. The summed E-state index contributed by atoms with van der Waals surface area (Å²) in [5.41, 5.74) is 0. The third kappa shape index (κ3) is 25.8. The van der Waals surface area contributed by atoms with Gasteiger partial charge in [-0.25, -0.2) is 0 Å². The number of unbranched alkanes of at least 4 members (excludes halogenated alkanes) is 1. The van der Waals surface area contributed by atoms with Gasteiger partial charge in [-0.1, -0.05) is 19.8 Å². The van der Waals surface area contributed by atoms with Gasteiger partial charge in [0.15, 0.2) is 0 Å². The molecule has 1 heteroatoms. The van der Waals surface area contributed by atoms with Crippen molar-refractivity contribution in [2.24, 2.45) is 0 Å². The highest BCUT2D eigenvalue weighted by Gasteiger charge is 1.90. The fourth-order valence-electron chi connectivity index (χ4n) is 0.500. The van der Waals surface area contributed by atoms with Crippen LogP contribution in [0.1, 0.15) is 40.0 Å². The van der Waals surface area contributed by atoms with Gasteiger partial charge in [0.2, 0.25) is 0 Å². The lowest BCUT2D eigenvalue weighted by Crippen LogP contribution is -1.97. The Bertz CT molecular complexity index is 79.2. The molecule has 0 aromatic rings. The molecule has 0 saturated heterocycles. The Hall–Kier alpha value is -0.480. The monoisotopic (exact) mass is 142 g/mol. The summed E-state index contributed by atoms with van der Waals surface area (Å²) < 4.78 is 0. The van der Waals surface area contributed by atoms with Crippen LogP contribution in [-0.4, -0.2) is 11.2 Å². The van der Waals surface area contributed by atoms with Crippen molar-refractivity contribution in [2.45, 2.75) is 46.1 Å². The Labute approximate surface area is 64.5 Å². The maximum Gasteiger partial charge on any atom is 0.0512 e. The molecular weight excluding hydrogens is 124 g/mol. The second-order valence-electron chi connectivity index (χ2n) is 2.28. The molecule has 60 valence electrons. The Kier molecular flexibility index (Phi) is 13.9. The topological polar surface area (TPSA) is 20.2 Å². The predicted octanol–water partition coefficient (Wildman–Crippen LogP) is 2.20. The highest BCUT2D eigenvalue weighted by Crippen LogP contribution is 1.97. The minimum Gasteiger partial charge on any atom is -0.393 e. The number of aliphatic hydroxyl groups excluding tert-OH is 1. The van der Waals surface area contributed by atoms with Crippen LogP contribution in [0.2, 0.25) is 0 Å². The Morgan fingerprint density at radius 2 is 2.00 bits per heavy atom. The standard InChI is InChI=1S/C6H14O.C3H4/c1-3-4-5-6(2)7;1-3-2/h6-7H,3-5H2,1-2H3;1H,2H3. The van der Waals surface area contributed by atoms with Crippen molar-refractivity contribution in [1.29, 1.82) is 0 Å². The molecule has 0 fully saturated rings. The summed E-state index contributed by atoms with van der Waals surface area (Å²) in [5, 5.41) is 8.68. The van der Waals surface area contributed by atoms with Crippen LogP contribution in [0, 0.1) is 12.3 Å². The van der Waals surface area contributed by atoms with Crippen LogP contribution in [0.3, 0.4) is 0 Å². The molecule has 10 heavy (non-hydrogen) atoms. The molecule has 0 aliphatic heterocycles. The Morgan fingerprint density at radius 3 is 2.10 bits per heavy atom. The summed E-state index contributed by atoms with van der Waals surface area (Å²) in [5.74, 6) is 2.25. The van der Waals surface area contributed by atoms with Crippen molar-refractivity contribution < 1.29 is 5.11 Å². The molecular formula is C9H18O. The predicted molar refractivity (Wildman–Crippen MR) is 45.7 cm³/mol. The van der Waals surface area contributed by atoms with Gasteiger partial charge in [-0.3, -0.25) is 0 Å². The summed E-state index contributed by atoms with van der Waals surface area (Å²) in [6, 6.07) is 0. The molecule has 0 aromatic carbocycles. The zero-order chi connectivity index (χ0) is 8.41. The molecule has 0 aliphatic carbocycles. The fraction of sp³-hybridized carbons (Fsp3) is 0.778. The summed E-state index contributed by atoms with van der Waals surface area (Å²) in [7, 11) is 0. The van der Waals surface area contributed by atoms with E-state index in [0.29, 0.717) is 0 Å². The second-order valence-corrected chi connectivity index (χ2v) is 2.28. The van der Waals surface area contributed by atoms with Gasteiger partial charge in [0.25, 0.3) is 0 Å². The van der Waals surface area contributed by atoms with Crippen LogP contribution in [0.25, 0.3) is 0 Å². The number of rotatable bonds is 3. The molecule has 0 aliphatic rings. The second kappa shape index (κ2) is 11.3. The zero-order valence-corrected chi connectivity index (χ0v) is 7.22. The van der Waals surface area contributed by atoms with Crippen molar-refractivity contribution >= 4 is 0 Å². The van der Waals surface area contributed by atoms with E-state index in [-0.39, 0.29) is 6.10 Å². The van der Waals surface area contributed by atoms with Crippen molar-refractivity contribution in [1.82, 2.24) is 0 Å².